The molecule has 1 unspecified atom stereocenters. The summed E-state index contributed by atoms with van der Waals surface area (Å²) >= 11 is 0. The lowest BCUT2D eigenvalue weighted by Gasteiger charge is -2.22. The van der Waals surface area contributed by atoms with Crippen molar-refractivity contribution in [2.45, 2.75) is 19.4 Å². The molecule has 1 N–H and O–H groups in total. The zero-order chi connectivity index (χ0) is 11.3. The van der Waals surface area contributed by atoms with Crippen LogP contribution in [0.4, 0.5) is 0 Å². The summed E-state index contributed by atoms with van der Waals surface area (Å²) in [6.07, 6.45) is 0.142. The van der Waals surface area contributed by atoms with Gasteiger partial charge in [-0.05, 0) is 6.92 Å². The van der Waals surface area contributed by atoms with Crippen molar-refractivity contribution >= 4 is 17.9 Å². The monoisotopic (exact) mass is 209 g/mol. The van der Waals surface area contributed by atoms with E-state index in [1.165, 1.54) is 0 Å². The lowest BCUT2D eigenvalue weighted by molar-refractivity contribution is -0.144. The molecule has 0 aromatic carbocycles. The second-order valence-electron chi connectivity index (χ2n) is 3.08. The fraction of sp³-hybridized carbons (Fsp3) is 0.500. The van der Waals surface area contributed by atoms with E-state index in [-0.39, 0.29) is 25.1 Å². The van der Waals surface area contributed by atoms with Crippen molar-refractivity contribution in [3.05, 3.63) is 11.1 Å². The van der Waals surface area contributed by atoms with E-state index >= 15 is 0 Å². The van der Waals surface area contributed by atoms with E-state index in [2.05, 4.69) is 5.32 Å². The van der Waals surface area contributed by atoms with Crippen LogP contribution in [0.5, 0.6) is 0 Å². The summed E-state index contributed by atoms with van der Waals surface area (Å²) in [5.74, 6) is 2.86. The summed E-state index contributed by atoms with van der Waals surface area (Å²) in [5, 5.41) is 2.73. The molecule has 0 bridgehead atoms. The van der Waals surface area contributed by atoms with Crippen LogP contribution in [0.1, 0.15) is 13.3 Å². The lowest BCUT2D eigenvalue weighted by atomic mass is 9.96. The van der Waals surface area contributed by atoms with E-state index in [1.54, 1.807) is 18.8 Å². The highest BCUT2D eigenvalue weighted by Crippen LogP contribution is 2.16. The predicted octanol–water partition coefficient (Wildman–Crippen LogP) is -0.573. The van der Waals surface area contributed by atoms with E-state index in [4.69, 9.17) is 4.74 Å². The molecule has 0 aromatic rings. The van der Waals surface area contributed by atoms with Gasteiger partial charge in [0.1, 0.15) is 17.9 Å². The van der Waals surface area contributed by atoms with Gasteiger partial charge in [-0.1, -0.05) is 0 Å². The first-order valence-electron chi connectivity index (χ1n) is 4.59. The van der Waals surface area contributed by atoms with Crippen molar-refractivity contribution in [2.24, 2.45) is 0 Å². The number of nitrogens with one attached hydrogen (secondary N) is 1. The standard InChI is InChI=1S/C10H11NO4/c1-2-15-10(14)9-8(6-13)3-7(5-12)4-11-9/h9,11H,2-4H2,1H3. The van der Waals surface area contributed by atoms with Crippen LogP contribution in [-0.4, -0.2) is 37.0 Å². The van der Waals surface area contributed by atoms with Crippen molar-refractivity contribution in [3.8, 4) is 0 Å². The van der Waals surface area contributed by atoms with Gasteiger partial charge >= 0.3 is 5.97 Å². The molecule has 5 nitrogen and oxygen atoms in total. The quantitative estimate of drug-likeness (QED) is 0.487. The Kier molecular flexibility index (Phi) is 4.01. The molecule has 0 saturated carbocycles. The SMILES string of the molecule is CCOC(=O)C1NCC(=C=O)CC1=C=O. The summed E-state index contributed by atoms with van der Waals surface area (Å²) in [5.41, 5.74) is 0.604. The van der Waals surface area contributed by atoms with Crippen LogP contribution in [0.25, 0.3) is 0 Å². The van der Waals surface area contributed by atoms with Crippen molar-refractivity contribution < 1.29 is 19.1 Å². The van der Waals surface area contributed by atoms with Crippen LogP contribution < -0.4 is 5.32 Å². The van der Waals surface area contributed by atoms with Crippen LogP contribution in [0.3, 0.4) is 0 Å². The van der Waals surface area contributed by atoms with Crippen molar-refractivity contribution in [3.63, 3.8) is 0 Å². The number of rotatable bonds is 2. The average Bonchev–Trinajstić information content (AvgIpc) is 2.28. The number of hydrogen-bond donors (Lipinski definition) is 1. The number of esters is 1. The van der Waals surface area contributed by atoms with Gasteiger partial charge in [-0.25, -0.2) is 14.4 Å². The van der Waals surface area contributed by atoms with Gasteiger partial charge in [0.25, 0.3) is 0 Å². The number of carbonyl (C=O) groups is 1. The molecule has 1 aliphatic rings. The van der Waals surface area contributed by atoms with Crippen LogP contribution in [0.15, 0.2) is 11.1 Å². The second-order valence-corrected chi connectivity index (χ2v) is 3.08. The van der Waals surface area contributed by atoms with Crippen LogP contribution in [0.2, 0.25) is 0 Å². The molecule has 1 atom stereocenters. The fourth-order valence-corrected chi connectivity index (χ4v) is 1.36. The molecule has 1 saturated heterocycles. The maximum atomic E-state index is 11.4. The minimum atomic E-state index is -0.778. The Morgan fingerprint density at radius 3 is 2.80 bits per heavy atom. The second kappa shape index (κ2) is 5.27. The number of ether oxygens (including phenoxy) is 1. The molecule has 5 heteroatoms. The minimum Gasteiger partial charge on any atom is -0.465 e. The average molecular weight is 209 g/mol. The molecule has 1 aliphatic heterocycles. The Balaban J connectivity index is 2.80. The first-order valence-corrected chi connectivity index (χ1v) is 4.59. The highest BCUT2D eigenvalue weighted by molar-refractivity contribution is 5.84. The number of carbonyl (C=O) groups excluding carboxylic acids is 3. The maximum absolute atomic E-state index is 11.4. The first-order chi connectivity index (χ1) is 7.22. The highest BCUT2D eigenvalue weighted by Gasteiger charge is 2.29. The van der Waals surface area contributed by atoms with E-state index < -0.39 is 12.0 Å². The summed E-state index contributed by atoms with van der Waals surface area (Å²) in [6, 6.07) is -0.778. The third-order valence-electron chi connectivity index (χ3n) is 2.07. The molecule has 0 spiro atoms. The fourth-order valence-electron chi connectivity index (χ4n) is 1.36. The summed E-state index contributed by atoms with van der Waals surface area (Å²) in [4.78, 5) is 32.3. The normalized spacial score (nSPS) is 20.5. The summed E-state index contributed by atoms with van der Waals surface area (Å²) in [6.45, 7) is 2.18. The zero-order valence-corrected chi connectivity index (χ0v) is 8.33. The molecule has 80 valence electrons. The van der Waals surface area contributed by atoms with Crippen molar-refractivity contribution in [2.75, 3.05) is 13.2 Å². The Morgan fingerprint density at radius 1 is 1.53 bits per heavy atom. The molecule has 15 heavy (non-hydrogen) atoms. The van der Waals surface area contributed by atoms with Gasteiger partial charge in [0.2, 0.25) is 0 Å². The molecule has 0 aliphatic carbocycles. The van der Waals surface area contributed by atoms with E-state index in [1.807, 2.05) is 0 Å². The van der Waals surface area contributed by atoms with Crippen molar-refractivity contribution in [1.29, 1.82) is 0 Å². The minimum absolute atomic E-state index is 0.142. The van der Waals surface area contributed by atoms with Gasteiger partial charge in [-0.2, -0.15) is 0 Å². The van der Waals surface area contributed by atoms with Crippen LogP contribution in [-0.2, 0) is 19.1 Å². The lowest BCUT2D eigenvalue weighted by Crippen LogP contribution is -2.44. The Morgan fingerprint density at radius 2 is 2.27 bits per heavy atom. The van der Waals surface area contributed by atoms with Gasteiger partial charge in [-0.3, -0.25) is 5.32 Å². The summed E-state index contributed by atoms with van der Waals surface area (Å²) in [7, 11) is 0. The van der Waals surface area contributed by atoms with E-state index in [0.29, 0.717) is 5.57 Å². The Bertz CT molecular complexity index is 362. The maximum Gasteiger partial charge on any atom is 0.328 e. The topological polar surface area (TPSA) is 72.5 Å². The number of piperidine rings is 1. The molecule has 0 radical (unpaired) electrons. The predicted molar refractivity (Wildman–Crippen MR) is 51.5 cm³/mol. The van der Waals surface area contributed by atoms with Crippen LogP contribution in [0, 0.1) is 0 Å². The molecule has 1 fully saturated rings. The van der Waals surface area contributed by atoms with Crippen LogP contribution >= 0.6 is 0 Å². The Labute approximate surface area is 86.8 Å². The first kappa shape index (κ1) is 11.4. The molecular weight excluding hydrogens is 198 g/mol. The van der Waals surface area contributed by atoms with E-state index in [9.17, 15) is 14.4 Å². The third-order valence-corrected chi connectivity index (χ3v) is 2.07. The molecular formula is C10H11NO4. The largest absolute Gasteiger partial charge is 0.465 e. The molecule has 0 amide bonds. The van der Waals surface area contributed by atoms with Gasteiger partial charge in [0.15, 0.2) is 0 Å². The third kappa shape index (κ3) is 2.64. The molecule has 1 heterocycles. The van der Waals surface area contributed by atoms with Gasteiger partial charge in [0.05, 0.1) is 6.61 Å². The van der Waals surface area contributed by atoms with Crippen molar-refractivity contribution in [1.82, 2.24) is 5.32 Å². The van der Waals surface area contributed by atoms with Gasteiger partial charge in [0, 0.05) is 24.1 Å². The molecule has 0 aromatic heterocycles. The summed E-state index contributed by atoms with van der Waals surface area (Å²) < 4.78 is 4.77. The smallest absolute Gasteiger partial charge is 0.328 e. The van der Waals surface area contributed by atoms with Gasteiger partial charge in [-0.15, -0.1) is 0 Å². The zero-order valence-electron chi connectivity index (χ0n) is 8.33. The molecule has 1 rings (SSSR count). The van der Waals surface area contributed by atoms with E-state index in [0.717, 1.165) is 0 Å². The number of hydrogen-bond acceptors (Lipinski definition) is 5. The highest BCUT2D eigenvalue weighted by atomic mass is 16.5. The Hall–Kier alpha value is -1.67. The van der Waals surface area contributed by atoms with Gasteiger partial charge < -0.3 is 4.74 Å².